The smallest absolute Gasteiger partial charge is 0.0417 e. The molecule has 7 heavy (non-hydrogen) atoms. The van der Waals surface area contributed by atoms with E-state index < -0.39 is 0 Å². The van der Waals surface area contributed by atoms with Crippen LogP contribution in [0.3, 0.4) is 0 Å². The van der Waals surface area contributed by atoms with Gasteiger partial charge in [0.15, 0.2) is 0 Å². The van der Waals surface area contributed by atoms with Gasteiger partial charge >= 0.3 is 0 Å². The molecule has 1 saturated carbocycles. The third-order valence-corrected chi connectivity index (χ3v) is 2.05. The lowest BCUT2D eigenvalue weighted by atomic mass is 9.77. The maximum Gasteiger partial charge on any atom is -0.0417 e. The molecule has 0 spiro atoms. The molecule has 0 bridgehead atoms. The SMILES string of the molecule is CC1CCC1C.O. The first-order valence-corrected chi connectivity index (χ1v) is 2.80. The summed E-state index contributed by atoms with van der Waals surface area (Å²) in [5, 5.41) is 0. The van der Waals surface area contributed by atoms with E-state index in [1.54, 1.807) is 0 Å². The fourth-order valence-corrected chi connectivity index (χ4v) is 0.833. The van der Waals surface area contributed by atoms with Crippen molar-refractivity contribution in [2.24, 2.45) is 11.8 Å². The molecule has 1 fully saturated rings. The zero-order valence-electron chi connectivity index (χ0n) is 5.07. The molecule has 0 aromatic carbocycles. The average molecular weight is 102 g/mol. The van der Waals surface area contributed by atoms with Crippen molar-refractivity contribution >= 4 is 0 Å². The third kappa shape index (κ3) is 1.16. The fourth-order valence-electron chi connectivity index (χ4n) is 0.833. The summed E-state index contributed by atoms with van der Waals surface area (Å²) < 4.78 is 0. The van der Waals surface area contributed by atoms with Crippen molar-refractivity contribution in [2.45, 2.75) is 26.7 Å². The molecule has 1 rings (SSSR count). The van der Waals surface area contributed by atoms with Gasteiger partial charge in [0.05, 0.1) is 0 Å². The minimum Gasteiger partial charge on any atom is -0.412 e. The van der Waals surface area contributed by atoms with E-state index in [-0.39, 0.29) is 5.48 Å². The van der Waals surface area contributed by atoms with Gasteiger partial charge in [0, 0.05) is 0 Å². The summed E-state index contributed by atoms with van der Waals surface area (Å²) in [6.07, 6.45) is 2.95. The zero-order valence-corrected chi connectivity index (χ0v) is 5.07. The highest BCUT2D eigenvalue weighted by molar-refractivity contribution is 4.71. The maximum absolute atomic E-state index is 2.33. The predicted octanol–water partition coefficient (Wildman–Crippen LogP) is 1.23. The van der Waals surface area contributed by atoms with Gasteiger partial charge in [-0.1, -0.05) is 26.7 Å². The Bertz CT molecular complexity index is 44.1. The highest BCUT2D eigenvalue weighted by Gasteiger charge is 2.20. The monoisotopic (exact) mass is 102 g/mol. The molecule has 2 N–H and O–H groups in total. The van der Waals surface area contributed by atoms with Crippen molar-refractivity contribution in [2.75, 3.05) is 0 Å². The van der Waals surface area contributed by atoms with Crippen molar-refractivity contribution in [1.82, 2.24) is 0 Å². The summed E-state index contributed by atoms with van der Waals surface area (Å²) in [6, 6.07) is 0. The zero-order chi connectivity index (χ0) is 4.57. The van der Waals surface area contributed by atoms with E-state index in [9.17, 15) is 0 Å². The normalized spacial score (nSPS) is 38.6. The molecule has 0 aromatic heterocycles. The topological polar surface area (TPSA) is 31.5 Å². The average Bonchev–Trinajstić information content (AvgIpc) is 1.61. The molecular formula is C6H14O. The lowest BCUT2D eigenvalue weighted by Crippen LogP contribution is -2.18. The summed E-state index contributed by atoms with van der Waals surface area (Å²) in [5.74, 6) is 2.06. The van der Waals surface area contributed by atoms with Crippen molar-refractivity contribution in [3.05, 3.63) is 0 Å². The molecular weight excluding hydrogens is 88.1 g/mol. The van der Waals surface area contributed by atoms with E-state index in [4.69, 9.17) is 0 Å². The van der Waals surface area contributed by atoms with Gasteiger partial charge in [-0.2, -0.15) is 0 Å². The number of rotatable bonds is 0. The summed E-state index contributed by atoms with van der Waals surface area (Å²) in [7, 11) is 0. The van der Waals surface area contributed by atoms with Crippen LogP contribution < -0.4 is 0 Å². The molecule has 0 aromatic rings. The first kappa shape index (κ1) is 6.96. The molecule has 1 nitrogen and oxygen atoms in total. The lowest BCUT2D eigenvalue weighted by molar-refractivity contribution is 0.219. The first-order valence-electron chi connectivity index (χ1n) is 2.80. The second-order valence-corrected chi connectivity index (χ2v) is 2.53. The summed E-state index contributed by atoms with van der Waals surface area (Å²) in [6.45, 7) is 4.66. The van der Waals surface area contributed by atoms with Crippen LogP contribution >= 0.6 is 0 Å². The van der Waals surface area contributed by atoms with Crippen LogP contribution in [0.15, 0.2) is 0 Å². The second kappa shape index (κ2) is 2.31. The quantitative estimate of drug-likeness (QED) is 0.440. The Balaban J connectivity index is 0.000000360. The van der Waals surface area contributed by atoms with E-state index in [0.29, 0.717) is 0 Å². The van der Waals surface area contributed by atoms with Crippen LogP contribution in [0.4, 0.5) is 0 Å². The van der Waals surface area contributed by atoms with Gasteiger partial charge in [0.1, 0.15) is 0 Å². The van der Waals surface area contributed by atoms with Crippen molar-refractivity contribution < 1.29 is 5.48 Å². The van der Waals surface area contributed by atoms with E-state index in [1.165, 1.54) is 12.8 Å². The molecule has 44 valence electrons. The van der Waals surface area contributed by atoms with Crippen molar-refractivity contribution in [3.63, 3.8) is 0 Å². The Hall–Kier alpha value is -0.0400. The fraction of sp³-hybridized carbons (Fsp3) is 1.00. The Kier molecular flexibility index (Phi) is 2.30. The molecule has 1 heteroatoms. The Morgan fingerprint density at radius 1 is 1.00 bits per heavy atom. The molecule has 1 aliphatic rings. The molecule has 2 unspecified atom stereocenters. The highest BCUT2D eigenvalue weighted by atomic mass is 16.0. The van der Waals surface area contributed by atoms with Gasteiger partial charge < -0.3 is 5.48 Å². The Morgan fingerprint density at radius 3 is 1.29 bits per heavy atom. The molecule has 0 aliphatic heterocycles. The molecule has 0 saturated heterocycles. The lowest BCUT2D eigenvalue weighted by Gasteiger charge is -2.29. The van der Waals surface area contributed by atoms with Crippen molar-refractivity contribution in [3.8, 4) is 0 Å². The van der Waals surface area contributed by atoms with Crippen molar-refractivity contribution in [1.29, 1.82) is 0 Å². The largest absolute Gasteiger partial charge is 0.412 e. The van der Waals surface area contributed by atoms with Gasteiger partial charge in [0.25, 0.3) is 0 Å². The second-order valence-electron chi connectivity index (χ2n) is 2.53. The Labute approximate surface area is 45.0 Å². The van der Waals surface area contributed by atoms with Crippen LogP contribution in [-0.2, 0) is 0 Å². The Morgan fingerprint density at radius 2 is 1.29 bits per heavy atom. The first-order chi connectivity index (χ1) is 2.80. The van der Waals surface area contributed by atoms with Crippen LogP contribution in [0, 0.1) is 11.8 Å². The van der Waals surface area contributed by atoms with Crippen LogP contribution in [0.5, 0.6) is 0 Å². The van der Waals surface area contributed by atoms with Gasteiger partial charge in [-0.3, -0.25) is 0 Å². The van der Waals surface area contributed by atoms with Gasteiger partial charge in [-0.15, -0.1) is 0 Å². The molecule has 0 heterocycles. The summed E-state index contributed by atoms with van der Waals surface area (Å²) in [4.78, 5) is 0. The molecule has 0 amide bonds. The van der Waals surface area contributed by atoms with Crippen LogP contribution in [0.1, 0.15) is 26.7 Å². The third-order valence-electron chi connectivity index (χ3n) is 2.05. The van der Waals surface area contributed by atoms with E-state index in [1.807, 2.05) is 0 Å². The van der Waals surface area contributed by atoms with E-state index in [0.717, 1.165) is 11.8 Å². The molecule has 1 aliphatic carbocycles. The minimum atomic E-state index is 0. The van der Waals surface area contributed by atoms with E-state index >= 15 is 0 Å². The standard InChI is InChI=1S/C6H12.H2O/c1-5-3-4-6(5)2;/h5-6H,3-4H2,1-2H3;1H2. The van der Waals surface area contributed by atoms with Gasteiger partial charge in [0.2, 0.25) is 0 Å². The van der Waals surface area contributed by atoms with E-state index in [2.05, 4.69) is 13.8 Å². The van der Waals surface area contributed by atoms with Crippen LogP contribution in [0.25, 0.3) is 0 Å². The number of hydrogen-bond donors (Lipinski definition) is 0. The van der Waals surface area contributed by atoms with Crippen LogP contribution in [-0.4, -0.2) is 5.48 Å². The molecule has 0 radical (unpaired) electrons. The maximum atomic E-state index is 2.33. The van der Waals surface area contributed by atoms with Crippen LogP contribution in [0.2, 0.25) is 0 Å². The highest BCUT2D eigenvalue weighted by Crippen LogP contribution is 2.32. The minimum absolute atomic E-state index is 0. The molecule has 2 atom stereocenters. The summed E-state index contributed by atoms with van der Waals surface area (Å²) >= 11 is 0. The number of hydrogen-bond acceptors (Lipinski definition) is 0. The van der Waals surface area contributed by atoms with Gasteiger partial charge in [-0.05, 0) is 11.8 Å². The predicted molar refractivity (Wildman–Crippen MR) is 31.2 cm³/mol. The summed E-state index contributed by atoms with van der Waals surface area (Å²) in [5.41, 5.74) is 0. The van der Waals surface area contributed by atoms with Gasteiger partial charge in [-0.25, -0.2) is 0 Å².